The van der Waals surface area contributed by atoms with Gasteiger partial charge in [0.25, 0.3) is 0 Å². The summed E-state index contributed by atoms with van der Waals surface area (Å²) >= 11 is 7.59. The first kappa shape index (κ1) is 15.7. The molecule has 1 heterocycles. The molecule has 21 heavy (non-hydrogen) atoms. The first-order valence-electron chi connectivity index (χ1n) is 7.97. The van der Waals surface area contributed by atoms with Crippen LogP contribution in [0.3, 0.4) is 0 Å². The molecule has 1 fully saturated rings. The molecule has 2 nitrogen and oxygen atoms in total. The molecule has 1 atom stereocenters. The van der Waals surface area contributed by atoms with Gasteiger partial charge in [-0.1, -0.05) is 64.0 Å². The number of hydrogen-bond acceptors (Lipinski definition) is 2. The van der Waals surface area contributed by atoms with Gasteiger partial charge >= 0.3 is 0 Å². The zero-order valence-corrected chi connectivity index (χ0v) is 15.4. The zero-order valence-electron chi connectivity index (χ0n) is 12.2. The van der Waals surface area contributed by atoms with Crippen molar-refractivity contribution in [1.29, 1.82) is 0 Å². The number of fused-ring (bicyclic) bond motifs is 1. The van der Waals surface area contributed by atoms with Crippen LogP contribution in [0.1, 0.15) is 55.3 Å². The molecule has 0 aromatic heterocycles. The van der Waals surface area contributed by atoms with Crippen molar-refractivity contribution in [2.75, 3.05) is 13.2 Å². The van der Waals surface area contributed by atoms with Crippen molar-refractivity contribution < 1.29 is 9.47 Å². The molecule has 0 amide bonds. The van der Waals surface area contributed by atoms with Gasteiger partial charge in [-0.25, -0.2) is 0 Å². The number of ether oxygens (including phenoxy) is 2. The maximum absolute atomic E-state index is 5.82. The Morgan fingerprint density at radius 1 is 1.00 bits per heavy atom. The van der Waals surface area contributed by atoms with Crippen LogP contribution >= 0.6 is 31.9 Å². The van der Waals surface area contributed by atoms with Gasteiger partial charge in [0.1, 0.15) is 0 Å². The van der Waals surface area contributed by atoms with E-state index in [9.17, 15) is 0 Å². The maximum Gasteiger partial charge on any atom is 0.162 e. The third-order valence-electron chi connectivity index (χ3n) is 4.47. The van der Waals surface area contributed by atoms with Crippen LogP contribution in [0.15, 0.2) is 16.6 Å². The normalized spacial score (nSPS) is 20.9. The minimum Gasteiger partial charge on any atom is -0.490 e. The molecule has 1 unspecified atom stereocenters. The summed E-state index contributed by atoms with van der Waals surface area (Å²) in [6.45, 7) is 1.47. The Kier molecular flexibility index (Phi) is 5.49. The average molecular weight is 418 g/mol. The van der Waals surface area contributed by atoms with Gasteiger partial charge in [0.05, 0.1) is 13.2 Å². The van der Waals surface area contributed by atoms with Crippen LogP contribution in [0.4, 0.5) is 0 Å². The van der Waals surface area contributed by atoms with Crippen LogP contribution in [0.2, 0.25) is 0 Å². The molecule has 3 rings (SSSR count). The van der Waals surface area contributed by atoms with Gasteiger partial charge in [-0.15, -0.1) is 0 Å². The van der Waals surface area contributed by atoms with Gasteiger partial charge in [-0.2, -0.15) is 0 Å². The second kappa shape index (κ2) is 7.36. The van der Waals surface area contributed by atoms with Crippen molar-refractivity contribution in [2.24, 2.45) is 5.92 Å². The van der Waals surface area contributed by atoms with E-state index in [0.717, 1.165) is 41.5 Å². The third kappa shape index (κ3) is 3.95. The summed E-state index contributed by atoms with van der Waals surface area (Å²) in [5, 5.41) is 0. The highest BCUT2D eigenvalue weighted by atomic mass is 79.9. The van der Waals surface area contributed by atoms with Gasteiger partial charge < -0.3 is 9.47 Å². The molecular weight excluding hydrogens is 396 g/mol. The Labute approximate surface area is 143 Å². The fraction of sp³-hybridized carbons (Fsp3) is 0.647. The second-order valence-corrected chi connectivity index (χ2v) is 8.04. The molecule has 1 aliphatic carbocycles. The van der Waals surface area contributed by atoms with E-state index in [-0.39, 0.29) is 0 Å². The molecule has 0 bridgehead atoms. The Bertz CT molecular complexity index is 484. The lowest BCUT2D eigenvalue weighted by Gasteiger charge is -2.25. The molecule has 1 aromatic rings. The Morgan fingerprint density at radius 2 is 1.67 bits per heavy atom. The molecule has 1 aliphatic heterocycles. The predicted molar refractivity (Wildman–Crippen MR) is 92.6 cm³/mol. The minimum atomic E-state index is 0.382. The minimum absolute atomic E-state index is 0.382. The van der Waals surface area contributed by atoms with Crippen molar-refractivity contribution in [3.63, 3.8) is 0 Å². The molecule has 0 radical (unpaired) electrons. The molecule has 4 heteroatoms. The number of halogens is 2. The number of rotatable bonds is 3. The lowest BCUT2D eigenvalue weighted by atomic mass is 9.85. The van der Waals surface area contributed by atoms with Gasteiger partial charge in [-0.05, 0) is 30.0 Å². The second-order valence-electron chi connectivity index (χ2n) is 6.08. The van der Waals surface area contributed by atoms with Gasteiger partial charge in [0.2, 0.25) is 0 Å². The van der Waals surface area contributed by atoms with Gasteiger partial charge in [0.15, 0.2) is 11.5 Å². The highest BCUT2D eigenvalue weighted by Crippen LogP contribution is 2.43. The van der Waals surface area contributed by atoms with Crippen molar-refractivity contribution >= 4 is 31.9 Å². The first-order chi connectivity index (χ1) is 10.2. The fourth-order valence-electron chi connectivity index (χ4n) is 3.28. The summed E-state index contributed by atoms with van der Waals surface area (Å²) in [6.07, 6.45) is 9.12. The van der Waals surface area contributed by atoms with E-state index in [2.05, 4.69) is 44.0 Å². The Hall–Kier alpha value is -0.220. The Morgan fingerprint density at radius 3 is 2.38 bits per heavy atom. The van der Waals surface area contributed by atoms with Crippen molar-refractivity contribution in [2.45, 2.75) is 49.8 Å². The maximum atomic E-state index is 5.82. The van der Waals surface area contributed by atoms with E-state index < -0.39 is 0 Å². The summed E-state index contributed by atoms with van der Waals surface area (Å²) in [5.74, 6) is 2.60. The highest BCUT2D eigenvalue weighted by Gasteiger charge is 2.22. The van der Waals surface area contributed by atoms with Crippen molar-refractivity contribution in [3.05, 3.63) is 22.2 Å². The summed E-state index contributed by atoms with van der Waals surface area (Å²) in [4.78, 5) is 0.382. The van der Waals surface area contributed by atoms with E-state index in [1.54, 1.807) is 0 Å². The number of benzene rings is 1. The van der Waals surface area contributed by atoms with Crippen LogP contribution < -0.4 is 9.47 Å². The molecular formula is C17H22Br2O2. The lowest BCUT2D eigenvalue weighted by Crippen LogP contribution is -2.09. The molecule has 1 saturated carbocycles. The SMILES string of the molecule is Brc1cc2c(cc1C(Br)CC1CCCCC1)OCCCO2. The average Bonchev–Trinajstić information content (AvgIpc) is 2.72. The largest absolute Gasteiger partial charge is 0.490 e. The standard InChI is InChI=1S/C17H22Br2O2/c18-14(9-12-5-2-1-3-6-12)13-10-16-17(11-15(13)19)21-8-4-7-20-16/h10-12,14H,1-9H2. The smallest absolute Gasteiger partial charge is 0.162 e. The molecule has 1 aromatic carbocycles. The monoisotopic (exact) mass is 416 g/mol. The number of alkyl halides is 1. The fourth-order valence-corrected chi connectivity index (χ4v) is 5.10. The first-order valence-corrected chi connectivity index (χ1v) is 9.68. The van der Waals surface area contributed by atoms with Crippen LogP contribution in [0.5, 0.6) is 11.5 Å². The summed E-state index contributed by atoms with van der Waals surface area (Å²) < 4.78 is 12.7. The van der Waals surface area contributed by atoms with E-state index in [1.807, 2.05) is 0 Å². The third-order valence-corrected chi connectivity index (χ3v) is 6.02. The topological polar surface area (TPSA) is 18.5 Å². The lowest BCUT2D eigenvalue weighted by molar-refractivity contribution is 0.297. The van der Waals surface area contributed by atoms with Crippen molar-refractivity contribution in [1.82, 2.24) is 0 Å². The molecule has 116 valence electrons. The van der Waals surface area contributed by atoms with E-state index in [4.69, 9.17) is 9.47 Å². The molecule has 2 aliphatic rings. The molecule has 0 spiro atoms. The summed E-state index contributed by atoms with van der Waals surface area (Å²) in [6, 6.07) is 4.21. The van der Waals surface area contributed by atoms with E-state index in [0.29, 0.717) is 4.83 Å². The van der Waals surface area contributed by atoms with Gasteiger partial charge in [-0.3, -0.25) is 0 Å². The van der Waals surface area contributed by atoms with Crippen LogP contribution in [-0.2, 0) is 0 Å². The quantitative estimate of drug-likeness (QED) is 0.560. The highest BCUT2D eigenvalue weighted by molar-refractivity contribution is 9.11. The Balaban J connectivity index is 1.75. The van der Waals surface area contributed by atoms with Crippen LogP contribution in [0, 0.1) is 5.92 Å². The van der Waals surface area contributed by atoms with Crippen LogP contribution in [0.25, 0.3) is 0 Å². The zero-order chi connectivity index (χ0) is 14.7. The van der Waals surface area contributed by atoms with E-state index in [1.165, 1.54) is 44.1 Å². The van der Waals surface area contributed by atoms with Crippen molar-refractivity contribution in [3.8, 4) is 11.5 Å². The van der Waals surface area contributed by atoms with Crippen LogP contribution in [-0.4, -0.2) is 13.2 Å². The number of hydrogen-bond donors (Lipinski definition) is 0. The molecule has 0 N–H and O–H groups in total. The van der Waals surface area contributed by atoms with Gasteiger partial charge in [0, 0.05) is 15.7 Å². The predicted octanol–water partition coefficient (Wildman–Crippen LogP) is 6.02. The summed E-state index contributed by atoms with van der Waals surface area (Å²) in [5.41, 5.74) is 1.28. The van der Waals surface area contributed by atoms with E-state index >= 15 is 0 Å². The molecule has 0 saturated heterocycles. The summed E-state index contributed by atoms with van der Waals surface area (Å²) in [7, 11) is 0.